The average Bonchev–Trinajstić information content (AvgIpc) is 2.95. The first kappa shape index (κ1) is 14.4. The Morgan fingerprint density at radius 3 is 2.95 bits per heavy atom. The largest absolute Gasteiger partial charge is 0.399 e. The van der Waals surface area contributed by atoms with Crippen LogP contribution in [-0.4, -0.2) is 17.8 Å². The number of benzene rings is 1. The lowest BCUT2D eigenvalue weighted by atomic mass is 10.0. The molecule has 0 bridgehead atoms. The Bertz CT molecular complexity index is 713. The van der Waals surface area contributed by atoms with Crippen LogP contribution >= 0.6 is 23.2 Å². The molecule has 0 spiro atoms. The number of aromatic nitrogens is 1. The molecule has 0 N–H and O–H groups in total. The number of aryl methyl sites for hydroxylation is 2. The molecule has 0 fully saturated rings. The zero-order chi connectivity index (χ0) is 14.8. The highest BCUT2D eigenvalue weighted by Crippen LogP contribution is 2.29. The summed E-state index contributed by atoms with van der Waals surface area (Å²) in [5.74, 6) is 0. The van der Waals surface area contributed by atoms with Gasteiger partial charge in [0, 0.05) is 23.0 Å². The van der Waals surface area contributed by atoms with Gasteiger partial charge in [0.15, 0.2) is 0 Å². The highest BCUT2D eigenvalue weighted by molar-refractivity contribution is 6.44. The summed E-state index contributed by atoms with van der Waals surface area (Å²) in [6, 6.07) is 7.58. The summed E-state index contributed by atoms with van der Waals surface area (Å²) in [7, 11) is 1.51. The minimum absolute atomic E-state index is 0.468. The third-order valence-electron chi connectivity index (χ3n) is 3.58. The third kappa shape index (κ3) is 2.76. The maximum atomic E-state index is 6.30. The molecule has 0 amide bonds. The smallest absolute Gasteiger partial charge is 0.120 e. The molecule has 1 aliphatic rings. The fourth-order valence-electron chi connectivity index (χ4n) is 2.59. The standard InChI is InChI=1S/C16H14Cl2N2O/c1-21-20-16(12-5-3-6-13(17)15(12)18)11-8-10-4-2-7-14(10)19-9-11/h3,5-6,8-9H,2,4,7H2,1H3. The molecule has 0 aliphatic heterocycles. The van der Waals surface area contributed by atoms with Gasteiger partial charge in [0.1, 0.15) is 12.8 Å². The third-order valence-corrected chi connectivity index (χ3v) is 4.40. The Balaban J connectivity index is 2.11. The molecule has 0 atom stereocenters. The van der Waals surface area contributed by atoms with Gasteiger partial charge in [-0.05, 0) is 37.0 Å². The van der Waals surface area contributed by atoms with Crippen LogP contribution in [0, 0.1) is 0 Å². The molecule has 0 radical (unpaired) electrons. The van der Waals surface area contributed by atoms with Crippen molar-refractivity contribution in [3.05, 3.63) is 62.9 Å². The first-order valence-electron chi connectivity index (χ1n) is 6.74. The quantitative estimate of drug-likeness (QED) is 0.625. The van der Waals surface area contributed by atoms with E-state index in [2.05, 4.69) is 16.2 Å². The lowest BCUT2D eigenvalue weighted by molar-refractivity contribution is 0.214. The van der Waals surface area contributed by atoms with Gasteiger partial charge in [-0.2, -0.15) is 0 Å². The van der Waals surface area contributed by atoms with Crippen LogP contribution in [0.15, 0.2) is 35.6 Å². The Labute approximate surface area is 133 Å². The van der Waals surface area contributed by atoms with Crippen molar-refractivity contribution in [3.63, 3.8) is 0 Å². The fourth-order valence-corrected chi connectivity index (χ4v) is 2.98. The van der Waals surface area contributed by atoms with Gasteiger partial charge in [0.2, 0.25) is 0 Å². The van der Waals surface area contributed by atoms with Gasteiger partial charge in [-0.3, -0.25) is 4.98 Å². The van der Waals surface area contributed by atoms with Crippen LogP contribution in [0.4, 0.5) is 0 Å². The molecule has 0 saturated heterocycles. The van der Waals surface area contributed by atoms with Gasteiger partial charge in [-0.15, -0.1) is 0 Å². The molecule has 1 aliphatic carbocycles. The number of hydrogen-bond donors (Lipinski definition) is 0. The first-order chi connectivity index (χ1) is 10.2. The van der Waals surface area contributed by atoms with Gasteiger partial charge >= 0.3 is 0 Å². The summed E-state index contributed by atoms with van der Waals surface area (Å²) < 4.78 is 0. The normalized spacial score (nSPS) is 14.1. The van der Waals surface area contributed by atoms with Crippen molar-refractivity contribution in [1.82, 2.24) is 4.98 Å². The summed E-state index contributed by atoms with van der Waals surface area (Å²) in [5, 5.41) is 5.09. The first-order valence-corrected chi connectivity index (χ1v) is 7.50. The number of nitrogens with zero attached hydrogens (tertiary/aromatic N) is 2. The number of hydrogen-bond acceptors (Lipinski definition) is 3. The lowest BCUT2D eigenvalue weighted by Gasteiger charge is -2.10. The highest BCUT2D eigenvalue weighted by Gasteiger charge is 2.18. The number of pyridine rings is 1. The molecule has 1 heterocycles. The Morgan fingerprint density at radius 1 is 1.29 bits per heavy atom. The predicted molar refractivity (Wildman–Crippen MR) is 85.4 cm³/mol. The van der Waals surface area contributed by atoms with E-state index >= 15 is 0 Å². The number of fused-ring (bicyclic) bond motifs is 1. The zero-order valence-corrected chi connectivity index (χ0v) is 13.1. The van der Waals surface area contributed by atoms with E-state index in [4.69, 9.17) is 28.0 Å². The monoisotopic (exact) mass is 320 g/mol. The van der Waals surface area contributed by atoms with Gasteiger partial charge in [0.05, 0.1) is 10.0 Å². The number of halogens is 2. The van der Waals surface area contributed by atoms with Gasteiger partial charge in [-0.25, -0.2) is 0 Å². The van der Waals surface area contributed by atoms with Crippen LogP contribution < -0.4 is 0 Å². The molecule has 1 aromatic heterocycles. The van der Waals surface area contributed by atoms with Crippen LogP contribution in [0.3, 0.4) is 0 Å². The van der Waals surface area contributed by atoms with Crippen molar-refractivity contribution in [2.45, 2.75) is 19.3 Å². The fraction of sp³-hybridized carbons (Fsp3) is 0.250. The lowest BCUT2D eigenvalue weighted by Crippen LogP contribution is -2.07. The van der Waals surface area contributed by atoms with Crippen LogP contribution in [0.2, 0.25) is 10.0 Å². The highest BCUT2D eigenvalue weighted by atomic mass is 35.5. The van der Waals surface area contributed by atoms with E-state index in [1.54, 1.807) is 6.07 Å². The predicted octanol–water partition coefficient (Wildman–Crippen LogP) is 4.28. The van der Waals surface area contributed by atoms with Crippen molar-refractivity contribution >= 4 is 28.9 Å². The summed E-state index contributed by atoms with van der Waals surface area (Å²) in [6.07, 6.45) is 5.07. The SMILES string of the molecule is CON=C(c1cnc2c(c1)CCC2)c1cccc(Cl)c1Cl. The second kappa shape index (κ2) is 6.04. The Kier molecular flexibility index (Phi) is 4.13. The summed E-state index contributed by atoms with van der Waals surface area (Å²) in [4.78, 5) is 9.51. The van der Waals surface area contributed by atoms with Gasteiger partial charge < -0.3 is 4.84 Å². The molecule has 21 heavy (non-hydrogen) atoms. The maximum Gasteiger partial charge on any atom is 0.120 e. The van der Waals surface area contributed by atoms with E-state index in [9.17, 15) is 0 Å². The van der Waals surface area contributed by atoms with Crippen LogP contribution in [-0.2, 0) is 17.7 Å². The molecular formula is C16H14Cl2N2O. The van der Waals surface area contributed by atoms with Crippen LogP contribution in [0.25, 0.3) is 0 Å². The van der Waals surface area contributed by atoms with Crippen molar-refractivity contribution in [1.29, 1.82) is 0 Å². The zero-order valence-electron chi connectivity index (χ0n) is 11.6. The molecule has 0 unspecified atom stereocenters. The minimum Gasteiger partial charge on any atom is -0.399 e. The van der Waals surface area contributed by atoms with Crippen molar-refractivity contribution in [2.24, 2.45) is 5.16 Å². The van der Waals surface area contributed by atoms with Crippen LogP contribution in [0.5, 0.6) is 0 Å². The van der Waals surface area contributed by atoms with E-state index in [1.807, 2.05) is 18.3 Å². The van der Waals surface area contributed by atoms with Gasteiger partial charge in [0.25, 0.3) is 0 Å². The Hall–Kier alpha value is -1.58. The summed E-state index contributed by atoms with van der Waals surface area (Å²) >= 11 is 12.4. The van der Waals surface area contributed by atoms with E-state index in [0.29, 0.717) is 15.8 Å². The molecular weight excluding hydrogens is 307 g/mol. The molecule has 3 rings (SSSR count). The Morgan fingerprint density at radius 2 is 2.14 bits per heavy atom. The summed E-state index contributed by atoms with van der Waals surface area (Å²) in [6.45, 7) is 0. The molecule has 0 saturated carbocycles. The average molecular weight is 321 g/mol. The maximum absolute atomic E-state index is 6.30. The second-order valence-electron chi connectivity index (χ2n) is 4.91. The van der Waals surface area contributed by atoms with Crippen molar-refractivity contribution in [3.8, 4) is 0 Å². The van der Waals surface area contributed by atoms with Gasteiger partial charge in [-0.1, -0.05) is 40.5 Å². The van der Waals surface area contributed by atoms with E-state index in [0.717, 1.165) is 30.4 Å². The van der Waals surface area contributed by atoms with E-state index in [1.165, 1.54) is 18.4 Å². The van der Waals surface area contributed by atoms with E-state index < -0.39 is 0 Å². The topological polar surface area (TPSA) is 34.5 Å². The van der Waals surface area contributed by atoms with Crippen LogP contribution in [0.1, 0.15) is 28.8 Å². The molecule has 1 aromatic carbocycles. The molecule has 5 heteroatoms. The van der Waals surface area contributed by atoms with Crippen molar-refractivity contribution < 1.29 is 4.84 Å². The van der Waals surface area contributed by atoms with E-state index in [-0.39, 0.29) is 0 Å². The summed E-state index contributed by atoms with van der Waals surface area (Å²) in [5.41, 5.74) is 4.72. The molecule has 108 valence electrons. The number of rotatable bonds is 3. The second-order valence-corrected chi connectivity index (χ2v) is 5.69. The minimum atomic E-state index is 0.468. The molecule has 2 aromatic rings. The number of oxime groups is 1. The van der Waals surface area contributed by atoms with Crippen molar-refractivity contribution in [2.75, 3.05) is 7.11 Å². The molecule has 3 nitrogen and oxygen atoms in total.